The highest BCUT2D eigenvalue weighted by molar-refractivity contribution is 5.54. The van der Waals surface area contributed by atoms with Crippen molar-refractivity contribution in [2.24, 2.45) is 29.6 Å². The highest BCUT2D eigenvalue weighted by atomic mass is 16.3. The molecule has 2 aromatic carbocycles. The third-order valence-electron chi connectivity index (χ3n) is 8.51. The van der Waals surface area contributed by atoms with Crippen LogP contribution < -0.4 is 0 Å². The molecule has 0 heterocycles. The summed E-state index contributed by atoms with van der Waals surface area (Å²) in [4.78, 5) is 0. The first-order valence-corrected chi connectivity index (χ1v) is 11.4. The second-order valence-electron chi connectivity index (χ2n) is 10.4. The van der Waals surface area contributed by atoms with Crippen molar-refractivity contribution in [3.05, 3.63) is 57.6 Å². The molecule has 3 fully saturated rings. The van der Waals surface area contributed by atoms with Gasteiger partial charge in [-0.25, -0.2) is 0 Å². The fraction of sp³-hybridized carbons (Fsp3) is 0.556. The summed E-state index contributed by atoms with van der Waals surface area (Å²) in [5.41, 5.74) is 6.27. The Kier molecular flexibility index (Phi) is 4.46. The molecule has 4 atom stereocenters. The van der Waals surface area contributed by atoms with E-state index in [-0.39, 0.29) is 5.92 Å². The van der Waals surface area contributed by atoms with Crippen LogP contribution in [0.25, 0.3) is 0 Å². The van der Waals surface area contributed by atoms with E-state index in [0.717, 1.165) is 45.9 Å². The predicted octanol–water partition coefficient (Wildman–Crippen LogP) is 6.54. The van der Waals surface area contributed by atoms with Crippen molar-refractivity contribution in [3.8, 4) is 11.5 Å². The van der Waals surface area contributed by atoms with Gasteiger partial charge in [0.25, 0.3) is 0 Å². The zero-order chi connectivity index (χ0) is 20.4. The highest BCUT2D eigenvalue weighted by Crippen LogP contribution is 2.63. The van der Waals surface area contributed by atoms with Crippen molar-refractivity contribution >= 4 is 0 Å². The summed E-state index contributed by atoms with van der Waals surface area (Å²) in [6.45, 7) is 8.21. The van der Waals surface area contributed by atoms with Gasteiger partial charge in [-0.2, -0.15) is 0 Å². The third-order valence-corrected chi connectivity index (χ3v) is 8.51. The topological polar surface area (TPSA) is 40.5 Å². The van der Waals surface area contributed by atoms with Gasteiger partial charge in [-0.15, -0.1) is 0 Å². The molecule has 0 radical (unpaired) electrons. The summed E-state index contributed by atoms with van der Waals surface area (Å²) in [6, 6.07) is 8.43. The molecule has 2 aromatic rings. The van der Waals surface area contributed by atoms with Crippen molar-refractivity contribution in [3.63, 3.8) is 0 Å². The van der Waals surface area contributed by atoms with Crippen molar-refractivity contribution in [2.45, 2.75) is 65.7 Å². The van der Waals surface area contributed by atoms with Crippen molar-refractivity contribution in [2.75, 3.05) is 0 Å². The molecule has 154 valence electrons. The van der Waals surface area contributed by atoms with Gasteiger partial charge in [-0.3, -0.25) is 0 Å². The van der Waals surface area contributed by atoms with Crippen LogP contribution in [0, 0.1) is 57.3 Å². The van der Waals surface area contributed by atoms with Crippen LogP contribution in [-0.2, 0) is 0 Å². The summed E-state index contributed by atoms with van der Waals surface area (Å²) < 4.78 is 0. The Morgan fingerprint density at radius 1 is 0.690 bits per heavy atom. The molecule has 29 heavy (non-hydrogen) atoms. The molecule has 3 aliphatic carbocycles. The molecule has 2 bridgehead atoms. The van der Waals surface area contributed by atoms with Crippen molar-refractivity contribution in [1.82, 2.24) is 0 Å². The van der Waals surface area contributed by atoms with Gasteiger partial charge < -0.3 is 10.2 Å². The largest absolute Gasteiger partial charge is 0.507 e. The first-order chi connectivity index (χ1) is 13.8. The Balaban J connectivity index is 1.63. The zero-order valence-corrected chi connectivity index (χ0v) is 18.2. The lowest BCUT2D eigenvalue weighted by Crippen LogP contribution is -2.15. The lowest BCUT2D eigenvalue weighted by atomic mass is 9.76. The Hall–Kier alpha value is -1.96. The number of aromatic hydroxyl groups is 2. The van der Waals surface area contributed by atoms with Crippen LogP contribution >= 0.6 is 0 Å². The number of benzene rings is 2. The molecule has 3 aliphatic rings. The Bertz CT molecular complexity index is 884. The Morgan fingerprint density at radius 3 is 1.59 bits per heavy atom. The summed E-state index contributed by atoms with van der Waals surface area (Å²) in [7, 11) is 0. The van der Waals surface area contributed by atoms with Gasteiger partial charge in [0.1, 0.15) is 11.5 Å². The van der Waals surface area contributed by atoms with E-state index in [1.54, 1.807) is 0 Å². The van der Waals surface area contributed by atoms with Gasteiger partial charge in [0, 0.05) is 17.0 Å². The Morgan fingerprint density at radius 2 is 1.14 bits per heavy atom. The minimum Gasteiger partial charge on any atom is -0.507 e. The number of aryl methyl sites for hydroxylation is 4. The molecule has 4 unspecified atom stereocenters. The monoisotopic (exact) mass is 390 g/mol. The van der Waals surface area contributed by atoms with E-state index in [1.807, 2.05) is 13.8 Å². The maximum absolute atomic E-state index is 11.1. The van der Waals surface area contributed by atoms with Crippen LogP contribution in [0.2, 0.25) is 0 Å². The van der Waals surface area contributed by atoms with E-state index in [0.29, 0.717) is 17.4 Å². The van der Waals surface area contributed by atoms with Crippen LogP contribution in [0.1, 0.15) is 71.4 Å². The number of fused-ring (bicyclic) bond motifs is 5. The average Bonchev–Trinajstić information content (AvgIpc) is 3.36. The van der Waals surface area contributed by atoms with Crippen LogP contribution in [-0.4, -0.2) is 10.2 Å². The minimum absolute atomic E-state index is 0.0669. The fourth-order valence-electron chi connectivity index (χ4n) is 7.47. The smallest absolute Gasteiger partial charge is 0.122 e. The second kappa shape index (κ2) is 6.79. The predicted molar refractivity (Wildman–Crippen MR) is 118 cm³/mol. The van der Waals surface area contributed by atoms with Crippen molar-refractivity contribution in [1.29, 1.82) is 0 Å². The van der Waals surface area contributed by atoms with Gasteiger partial charge in [0.15, 0.2) is 0 Å². The SMILES string of the molecule is Cc1cc(C)c(O)c(C(c2cc(C)cc(C)c2O)C2CC3C4CCC(C4)C3C2)c1. The van der Waals surface area contributed by atoms with Gasteiger partial charge in [-0.1, -0.05) is 35.4 Å². The van der Waals surface area contributed by atoms with E-state index in [2.05, 4.69) is 38.1 Å². The molecule has 0 saturated heterocycles. The maximum atomic E-state index is 11.1. The second-order valence-corrected chi connectivity index (χ2v) is 10.4. The van der Waals surface area contributed by atoms with Crippen molar-refractivity contribution < 1.29 is 10.2 Å². The summed E-state index contributed by atoms with van der Waals surface area (Å²) in [6.07, 6.45) is 6.79. The molecule has 0 aromatic heterocycles. The molecule has 2 heteroatoms. The lowest BCUT2D eigenvalue weighted by molar-refractivity contribution is 0.259. The van der Waals surface area contributed by atoms with Crippen LogP contribution in [0.5, 0.6) is 11.5 Å². The molecular formula is C27H34O2. The molecule has 0 amide bonds. The first kappa shape index (κ1) is 19.0. The quantitative estimate of drug-likeness (QED) is 0.625. The van der Waals surface area contributed by atoms with Gasteiger partial charge >= 0.3 is 0 Å². The summed E-state index contributed by atoms with van der Waals surface area (Å²) >= 11 is 0. The number of hydrogen-bond donors (Lipinski definition) is 2. The molecule has 0 spiro atoms. The Labute approximate surface area is 175 Å². The first-order valence-electron chi connectivity index (χ1n) is 11.4. The normalized spacial score (nSPS) is 30.3. The average molecular weight is 391 g/mol. The number of hydrogen-bond acceptors (Lipinski definition) is 2. The van der Waals surface area contributed by atoms with E-state index in [1.165, 1.54) is 43.2 Å². The van der Waals surface area contributed by atoms with Gasteiger partial charge in [0.05, 0.1) is 0 Å². The lowest BCUT2D eigenvalue weighted by Gasteiger charge is -2.29. The van der Waals surface area contributed by atoms with E-state index in [4.69, 9.17) is 0 Å². The molecule has 2 N–H and O–H groups in total. The number of phenolic OH excluding ortho intramolecular Hbond substituents is 2. The third kappa shape index (κ3) is 2.98. The van der Waals surface area contributed by atoms with Gasteiger partial charge in [0.2, 0.25) is 0 Å². The summed E-state index contributed by atoms with van der Waals surface area (Å²) in [5, 5.41) is 22.2. The van der Waals surface area contributed by atoms with Crippen LogP contribution in [0.4, 0.5) is 0 Å². The van der Waals surface area contributed by atoms with Gasteiger partial charge in [-0.05, 0) is 101 Å². The maximum Gasteiger partial charge on any atom is 0.122 e. The van der Waals surface area contributed by atoms with E-state index in [9.17, 15) is 10.2 Å². The molecular weight excluding hydrogens is 356 g/mol. The fourth-order valence-corrected chi connectivity index (χ4v) is 7.47. The minimum atomic E-state index is 0.0669. The molecule has 0 aliphatic heterocycles. The summed E-state index contributed by atoms with van der Waals surface area (Å²) in [5.74, 6) is 4.97. The zero-order valence-electron chi connectivity index (χ0n) is 18.2. The highest BCUT2D eigenvalue weighted by Gasteiger charge is 2.53. The van der Waals surface area contributed by atoms with Crippen LogP contribution in [0.3, 0.4) is 0 Å². The standard InChI is InChI=1S/C27H34O2/c1-14-7-16(3)26(28)23(9-14)25(24-10-15(2)8-17(4)27(24)29)20-12-21-18-5-6-19(11-18)22(21)13-20/h7-10,18-22,25,28-29H,5-6,11-13H2,1-4H3. The molecule has 3 saturated carbocycles. The van der Waals surface area contributed by atoms with E-state index >= 15 is 0 Å². The number of phenols is 2. The number of rotatable bonds is 3. The van der Waals surface area contributed by atoms with Crippen LogP contribution in [0.15, 0.2) is 24.3 Å². The molecule has 2 nitrogen and oxygen atoms in total. The van der Waals surface area contributed by atoms with E-state index < -0.39 is 0 Å². The molecule has 5 rings (SSSR count).